The molecule has 0 bridgehead atoms. The summed E-state index contributed by atoms with van der Waals surface area (Å²) in [5.41, 5.74) is 0.463. The third-order valence-corrected chi connectivity index (χ3v) is 4.29. The number of carbonyl (C=O) groups excluding carboxylic acids is 1. The van der Waals surface area contributed by atoms with Crippen molar-refractivity contribution in [2.24, 2.45) is 0 Å². The Bertz CT molecular complexity index is 796. The van der Waals surface area contributed by atoms with Crippen LogP contribution < -0.4 is 9.64 Å². The second-order valence-electron chi connectivity index (χ2n) is 5.53. The molecule has 0 unspecified atom stereocenters. The fraction of sp³-hybridized carbons (Fsp3) is 0.312. The quantitative estimate of drug-likeness (QED) is 0.772. The first-order valence-electron chi connectivity index (χ1n) is 7.31. The number of carbonyl (C=O) groups is 1. The van der Waals surface area contributed by atoms with Gasteiger partial charge in [0.05, 0.1) is 19.6 Å². The van der Waals surface area contributed by atoms with Crippen LogP contribution in [0.2, 0.25) is 5.15 Å². The lowest BCUT2D eigenvalue weighted by molar-refractivity contribution is -0.157. The molecule has 0 saturated carbocycles. The molecule has 0 radical (unpaired) electrons. The minimum atomic E-state index is -4.61. The van der Waals surface area contributed by atoms with Crippen molar-refractivity contribution in [3.05, 3.63) is 46.9 Å². The van der Waals surface area contributed by atoms with Crippen LogP contribution in [0.4, 0.5) is 19.0 Å². The Morgan fingerprint density at radius 1 is 1.28 bits per heavy atom. The average molecular weight is 372 g/mol. The molecule has 0 spiro atoms. The van der Waals surface area contributed by atoms with Crippen LogP contribution in [0.25, 0.3) is 0 Å². The molecule has 5 nitrogen and oxygen atoms in total. The van der Waals surface area contributed by atoms with Crippen molar-refractivity contribution in [2.45, 2.75) is 25.1 Å². The number of fused-ring (bicyclic) bond motifs is 1. The molecule has 2 aromatic rings. The van der Waals surface area contributed by atoms with E-state index in [9.17, 15) is 18.0 Å². The van der Waals surface area contributed by atoms with Crippen LogP contribution in [-0.4, -0.2) is 29.2 Å². The lowest BCUT2D eigenvalue weighted by atomic mass is 9.91. The Kier molecular flexibility index (Phi) is 4.55. The van der Waals surface area contributed by atoms with E-state index in [0.29, 0.717) is 5.75 Å². The molecule has 3 rings (SSSR count). The molecule has 1 aromatic heterocycles. The van der Waals surface area contributed by atoms with E-state index in [2.05, 4.69) is 9.97 Å². The van der Waals surface area contributed by atoms with Gasteiger partial charge in [-0.2, -0.15) is 13.2 Å². The van der Waals surface area contributed by atoms with Gasteiger partial charge in [0, 0.05) is 12.0 Å². The predicted molar refractivity (Wildman–Crippen MR) is 84.6 cm³/mol. The third kappa shape index (κ3) is 3.39. The van der Waals surface area contributed by atoms with Gasteiger partial charge in [-0.1, -0.05) is 23.7 Å². The van der Waals surface area contributed by atoms with Gasteiger partial charge >= 0.3 is 6.18 Å². The SMILES string of the molecule is COc1ccc(CN2C(=O)C[C@@H](C(F)(F)F)c3c(Cl)ncnc32)cc1. The molecular formula is C16H13ClF3N3O2. The van der Waals surface area contributed by atoms with Crippen LogP contribution in [0, 0.1) is 0 Å². The maximum Gasteiger partial charge on any atom is 0.396 e. The maximum atomic E-state index is 13.3. The van der Waals surface area contributed by atoms with Crippen molar-refractivity contribution in [1.29, 1.82) is 0 Å². The first-order valence-corrected chi connectivity index (χ1v) is 7.69. The topological polar surface area (TPSA) is 55.3 Å². The highest BCUT2D eigenvalue weighted by molar-refractivity contribution is 6.30. The summed E-state index contributed by atoms with van der Waals surface area (Å²) < 4.78 is 45.0. The molecule has 1 amide bonds. The molecule has 0 aliphatic carbocycles. The number of anilines is 1. The Hall–Kier alpha value is -2.35. The van der Waals surface area contributed by atoms with Gasteiger partial charge in [-0.05, 0) is 17.7 Å². The molecule has 2 heterocycles. The number of ether oxygens (including phenoxy) is 1. The molecule has 1 aliphatic rings. The molecule has 1 aliphatic heterocycles. The fourth-order valence-corrected chi connectivity index (χ4v) is 3.00. The maximum absolute atomic E-state index is 13.3. The molecule has 9 heteroatoms. The highest BCUT2D eigenvalue weighted by atomic mass is 35.5. The molecular weight excluding hydrogens is 359 g/mol. The Labute approximate surface area is 146 Å². The van der Waals surface area contributed by atoms with Crippen molar-refractivity contribution in [3.8, 4) is 5.75 Å². The number of nitrogens with zero attached hydrogens (tertiary/aromatic N) is 3. The molecule has 1 atom stereocenters. The lowest BCUT2D eigenvalue weighted by Gasteiger charge is -2.33. The van der Waals surface area contributed by atoms with Gasteiger partial charge in [0.1, 0.15) is 23.0 Å². The number of halogens is 4. The van der Waals surface area contributed by atoms with E-state index < -0.39 is 24.4 Å². The van der Waals surface area contributed by atoms with E-state index in [1.54, 1.807) is 24.3 Å². The van der Waals surface area contributed by atoms with Crippen LogP contribution in [0.3, 0.4) is 0 Å². The summed E-state index contributed by atoms with van der Waals surface area (Å²) in [6, 6.07) is 6.86. The van der Waals surface area contributed by atoms with Gasteiger partial charge in [0.2, 0.25) is 5.91 Å². The highest BCUT2D eigenvalue weighted by Gasteiger charge is 2.49. The second-order valence-corrected chi connectivity index (χ2v) is 5.89. The predicted octanol–water partition coefficient (Wildman–Crippen LogP) is 3.72. The minimum absolute atomic E-state index is 0.0771. The van der Waals surface area contributed by atoms with Crippen molar-refractivity contribution in [1.82, 2.24) is 9.97 Å². The standard InChI is InChI=1S/C16H13ClF3N3O2/c1-25-10-4-2-9(3-5-10)7-23-12(24)6-11(16(18,19)20)13-14(17)21-8-22-15(13)23/h2-5,8,11H,6-7H2,1H3/t11-/m1/s1. The summed E-state index contributed by atoms with van der Waals surface area (Å²) in [5.74, 6) is -2.14. The molecule has 25 heavy (non-hydrogen) atoms. The number of aromatic nitrogens is 2. The first kappa shape index (κ1) is 17.5. The normalized spacial score (nSPS) is 17.4. The van der Waals surface area contributed by atoms with Gasteiger partial charge < -0.3 is 4.74 Å². The molecule has 0 N–H and O–H groups in total. The van der Waals surface area contributed by atoms with Gasteiger partial charge in [-0.15, -0.1) is 0 Å². The zero-order chi connectivity index (χ0) is 18.2. The number of hydrogen-bond donors (Lipinski definition) is 0. The van der Waals surface area contributed by atoms with E-state index in [1.807, 2.05) is 0 Å². The minimum Gasteiger partial charge on any atom is -0.497 e. The summed E-state index contributed by atoms with van der Waals surface area (Å²) in [5, 5.41) is -0.292. The Morgan fingerprint density at radius 3 is 2.56 bits per heavy atom. The van der Waals surface area contributed by atoms with Crippen LogP contribution in [0.1, 0.15) is 23.5 Å². The van der Waals surface area contributed by atoms with E-state index in [0.717, 1.165) is 11.9 Å². The zero-order valence-electron chi connectivity index (χ0n) is 13.0. The number of alkyl halides is 3. The first-order chi connectivity index (χ1) is 11.8. The lowest BCUT2D eigenvalue weighted by Crippen LogP contribution is -2.41. The summed E-state index contributed by atoms with van der Waals surface area (Å²) >= 11 is 5.89. The number of hydrogen-bond acceptors (Lipinski definition) is 4. The van der Waals surface area contributed by atoms with E-state index in [4.69, 9.17) is 16.3 Å². The third-order valence-electron chi connectivity index (χ3n) is 3.99. The Morgan fingerprint density at radius 2 is 1.96 bits per heavy atom. The summed E-state index contributed by atoms with van der Waals surface area (Å²) in [6.45, 7) is 0.0771. The van der Waals surface area contributed by atoms with Crippen molar-refractivity contribution >= 4 is 23.3 Å². The number of amides is 1. The summed E-state index contributed by atoms with van der Waals surface area (Å²) in [6.07, 6.45) is -4.28. The van der Waals surface area contributed by atoms with Crippen molar-refractivity contribution in [2.75, 3.05) is 12.0 Å². The van der Waals surface area contributed by atoms with Crippen LogP contribution in [-0.2, 0) is 11.3 Å². The van der Waals surface area contributed by atoms with Crippen molar-refractivity contribution < 1.29 is 22.7 Å². The van der Waals surface area contributed by atoms with Gasteiger partial charge in [-0.25, -0.2) is 9.97 Å². The van der Waals surface area contributed by atoms with Crippen LogP contribution >= 0.6 is 11.6 Å². The molecule has 0 saturated heterocycles. The average Bonchev–Trinajstić information content (AvgIpc) is 2.57. The molecule has 0 fully saturated rings. The number of methoxy groups -OCH3 is 1. The van der Waals surface area contributed by atoms with Gasteiger partial charge in [-0.3, -0.25) is 9.69 Å². The largest absolute Gasteiger partial charge is 0.497 e. The molecule has 1 aromatic carbocycles. The van der Waals surface area contributed by atoms with Crippen LogP contribution in [0.15, 0.2) is 30.6 Å². The highest BCUT2D eigenvalue weighted by Crippen LogP contribution is 2.46. The summed E-state index contributed by atoms with van der Waals surface area (Å²) in [7, 11) is 1.52. The van der Waals surface area contributed by atoms with E-state index in [-0.39, 0.29) is 23.1 Å². The fourth-order valence-electron chi connectivity index (χ4n) is 2.74. The molecule has 132 valence electrons. The van der Waals surface area contributed by atoms with Gasteiger partial charge in [0.25, 0.3) is 0 Å². The zero-order valence-corrected chi connectivity index (χ0v) is 13.8. The van der Waals surface area contributed by atoms with Crippen molar-refractivity contribution in [3.63, 3.8) is 0 Å². The van der Waals surface area contributed by atoms with Gasteiger partial charge in [0.15, 0.2) is 0 Å². The smallest absolute Gasteiger partial charge is 0.396 e. The monoisotopic (exact) mass is 371 g/mol. The van der Waals surface area contributed by atoms with E-state index >= 15 is 0 Å². The van der Waals surface area contributed by atoms with Crippen LogP contribution in [0.5, 0.6) is 5.75 Å². The Balaban J connectivity index is 2.00. The van der Waals surface area contributed by atoms with E-state index in [1.165, 1.54) is 12.0 Å². The number of benzene rings is 1. The number of rotatable bonds is 3. The summed E-state index contributed by atoms with van der Waals surface area (Å²) in [4.78, 5) is 21.1. The second kappa shape index (κ2) is 6.51.